The van der Waals surface area contributed by atoms with E-state index in [1.165, 1.54) is 11.3 Å². The number of carbonyl (C=O) groups excluding carboxylic acids is 2. The fourth-order valence-electron chi connectivity index (χ4n) is 1.91. The molecule has 5 nitrogen and oxygen atoms in total. The van der Waals surface area contributed by atoms with Gasteiger partial charge in [0.1, 0.15) is 0 Å². The van der Waals surface area contributed by atoms with Crippen LogP contribution in [0.15, 0.2) is 41.8 Å². The van der Waals surface area contributed by atoms with E-state index in [4.69, 9.17) is 4.74 Å². The number of amides is 2. The van der Waals surface area contributed by atoms with Crippen LogP contribution in [-0.2, 0) is 16.1 Å². The fourth-order valence-corrected chi connectivity index (χ4v) is 2.55. The lowest BCUT2D eigenvalue weighted by atomic mass is 10.2. The predicted octanol–water partition coefficient (Wildman–Crippen LogP) is 2.65. The number of nitrogens with one attached hydrogen (secondary N) is 2. The third kappa shape index (κ3) is 4.98. The van der Waals surface area contributed by atoms with Gasteiger partial charge in [-0.2, -0.15) is 0 Å². The third-order valence-corrected chi connectivity index (χ3v) is 3.77. The Morgan fingerprint density at radius 1 is 1.23 bits per heavy atom. The van der Waals surface area contributed by atoms with Crippen molar-refractivity contribution in [2.45, 2.75) is 13.0 Å². The molecule has 0 saturated heterocycles. The van der Waals surface area contributed by atoms with Crippen molar-refractivity contribution >= 4 is 28.8 Å². The number of carbonyl (C=O) groups is 2. The maximum absolute atomic E-state index is 11.9. The summed E-state index contributed by atoms with van der Waals surface area (Å²) in [5.74, 6) is -0.286. The van der Waals surface area contributed by atoms with Crippen LogP contribution in [0.4, 0.5) is 5.69 Å². The average molecular weight is 318 g/mol. The summed E-state index contributed by atoms with van der Waals surface area (Å²) in [6.45, 7) is 0.806. The van der Waals surface area contributed by atoms with Crippen LogP contribution in [0.5, 0.6) is 0 Å². The predicted molar refractivity (Wildman–Crippen MR) is 87.1 cm³/mol. The van der Waals surface area contributed by atoms with Crippen LogP contribution in [0, 0.1) is 0 Å². The molecule has 0 unspecified atom stereocenters. The smallest absolute Gasteiger partial charge is 0.261 e. The number of rotatable bonds is 7. The Balaban J connectivity index is 1.76. The molecular formula is C16H18N2O3S. The van der Waals surface area contributed by atoms with Crippen LogP contribution in [0.1, 0.15) is 21.7 Å². The molecule has 0 radical (unpaired) electrons. The fraction of sp³-hybridized carbons (Fsp3) is 0.250. The molecule has 6 heteroatoms. The first-order valence-electron chi connectivity index (χ1n) is 6.88. The molecule has 2 N–H and O–H groups in total. The van der Waals surface area contributed by atoms with E-state index in [9.17, 15) is 9.59 Å². The zero-order valence-corrected chi connectivity index (χ0v) is 13.1. The number of hydrogen-bond acceptors (Lipinski definition) is 4. The molecule has 0 spiro atoms. The highest BCUT2D eigenvalue weighted by Crippen LogP contribution is 2.12. The number of thiophene rings is 1. The van der Waals surface area contributed by atoms with E-state index >= 15 is 0 Å². The molecule has 0 aliphatic carbocycles. The first kappa shape index (κ1) is 16.2. The first-order valence-corrected chi connectivity index (χ1v) is 7.76. The van der Waals surface area contributed by atoms with Crippen molar-refractivity contribution in [3.05, 3.63) is 52.2 Å². The number of methoxy groups -OCH3 is 1. The number of ether oxygens (including phenoxy) is 1. The second kappa shape index (κ2) is 8.31. The van der Waals surface area contributed by atoms with Gasteiger partial charge in [0.05, 0.1) is 11.5 Å². The van der Waals surface area contributed by atoms with Gasteiger partial charge in [-0.15, -0.1) is 11.3 Å². The molecule has 2 aromatic rings. The summed E-state index contributed by atoms with van der Waals surface area (Å²) in [4.78, 5) is 24.2. The lowest BCUT2D eigenvalue weighted by molar-refractivity contribution is -0.116. The van der Waals surface area contributed by atoms with E-state index in [1.54, 1.807) is 13.2 Å². The van der Waals surface area contributed by atoms with Crippen molar-refractivity contribution in [3.8, 4) is 0 Å². The van der Waals surface area contributed by atoms with Gasteiger partial charge < -0.3 is 15.4 Å². The summed E-state index contributed by atoms with van der Waals surface area (Å²) in [6.07, 6.45) is 0.228. The zero-order valence-electron chi connectivity index (χ0n) is 12.3. The van der Waals surface area contributed by atoms with E-state index in [1.807, 2.05) is 35.7 Å². The zero-order chi connectivity index (χ0) is 15.8. The Kier molecular flexibility index (Phi) is 6.12. The lowest BCUT2D eigenvalue weighted by Crippen LogP contribution is -2.27. The number of benzene rings is 1. The molecule has 0 bridgehead atoms. The van der Waals surface area contributed by atoms with Crippen molar-refractivity contribution in [2.75, 3.05) is 19.0 Å². The highest BCUT2D eigenvalue weighted by molar-refractivity contribution is 7.12. The third-order valence-electron chi connectivity index (χ3n) is 2.90. The van der Waals surface area contributed by atoms with Gasteiger partial charge in [-0.25, -0.2) is 0 Å². The van der Waals surface area contributed by atoms with E-state index < -0.39 is 0 Å². The molecule has 1 aromatic carbocycles. The quantitative estimate of drug-likeness (QED) is 0.825. The summed E-state index contributed by atoms with van der Waals surface area (Å²) >= 11 is 1.37. The summed E-state index contributed by atoms with van der Waals surface area (Å²) in [6, 6.07) is 11.1. The van der Waals surface area contributed by atoms with Crippen molar-refractivity contribution < 1.29 is 14.3 Å². The summed E-state index contributed by atoms with van der Waals surface area (Å²) in [5, 5.41) is 7.37. The highest BCUT2D eigenvalue weighted by Gasteiger charge is 2.07. The Labute approximate surface area is 133 Å². The largest absolute Gasteiger partial charge is 0.380 e. The van der Waals surface area contributed by atoms with E-state index in [0.29, 0.717) is 18.0 Å². The van der Waals surface area contributed by atoms with Gasteiger partial charge in [0.2, 0.25) is 5.91 Å². The Morgan fingerprint density at radius 2 is 2.09 bits per heavy atom. The molecule has 116 valence electrons. The minimum absolute atomic E-state index is 0.138. The molecule has 0 aliphatic heterocycles. The summed E-state index contributed by atoms with van der Waals surface area (Å²) < 4.78 is 5.06. The topological polar surface area (TPSA) is 67.4 Å². The van der Waals surface area contributed by atoms with Gasteiger partial charge in [-0.3, -0.25) is 9.59 Å². The average Bonchev–Trinajstić information content (AvgIpc) is 3.02. The number of anilines is 1. The van der Waals surface area contributed by atoms with E-state index in [2.05, 4.69) is 10.6 Å². The highest BCUT2D eigenvalue weighted by atomic mass is 32.1. The van der Waals surface area contributed by atoms with Gasteiger partial charge in [-0.1, -0.05) is 18.2 Å². The Bertz CT molecular complexity index is 626. The van der Waals surface area contributed by atoms with Crippen LogP contribution in [0.25, 0.3) is 0 Å². The minimum atomic E-state index is -0.148. The van der Waals surface area contributed by atoms with Crippen molar-refractivity contribution in [1.82, 2.24) is 5.32 Å². The van der Waals surface area contributed by atoms with Crippen LogP contribution in [-0.4, -0.2) is 25.5 Å². The molecule has 0 atom stereocenters. The molecule has 2 rings (SSSR count). The van der Waals surface area contributed by atoms with E-state index in [0.717, 1.165) is 11.3 Å². The first-order chi connectivity index (χ1) is 10.7. The molecule has 22 heavy (non-hydrogen) atoms. The van der Waals surface area contributed by atoms with Crippen LogP contribution < -0.4 is 10.6 Å². The SMILES string of the molecule is COCc1cccc(NC(=O)CCNC(=O)c2cccs2)c1. The van der Waals surface area contributed by atoms with Gasteiger partial charge >= 0.3 is 0 Å². The van der Waals surface area contributed by atoms with Crippen LogP contribution >= 0.6 is 11.3 Å². The van der Waals surface area contributed by atoms with Crippen molar-refractivity contribution in [3.63, 3.8) is 0 Å². The number of hydrogen-bond donors (Lipinski definition) is 2. The van der Waals surface area contributed by atoms with Gasteiger partial charge in [-0.05, 0) is 29.1 Å². The van der Waals surface area contributed by atoms with Crippen LogP contribution in [0.2, 0.25) is 0 Å². The van der Waals surface area contributed by atoms with Gasteiger partial charge in [0, 0.05) is 25.8 Å². The van der Waals surface area contributed by atoms with Crippen LogP contribution in [0.3, 0.4) is 0 Å². The molecule has 0 aliphatic rings. The molecule has 1 heterocycles. The molecule has 1 aromatic heterocycles. The molecular weight excluding hydrogens is 300 g/mol. The summed E-state index contributed by atoms with van der Waals surface area (Å²) in [5.41, 5.74) is 1.72. The maximum atomic E-state index is 11.9. The minimum Gasteiger partial charge on any atom is -0.380 e. The van der Waals surface area contributed by atoms with Crippen molar-refractivity contribution in [1.29, 1.82) is 0 Å². The van der Waals surface area contributed by atoms with Gasteiger partial charge in [0.15, 0.2) is 0 Å². The summed E-state index contributed by atoms with van der Waals surface area (Å²) in [7, 11) is 1.63. The molecule has 0 saturated carbocycles. The lowest BCUT2D eigenvalue weighted by Gasteiger charge is -2.08. The van der Waals surface area contributed by atoms with Crippen molar-refractivity contribution in [2.24, 2.45) is 0 Å². The second-order valence-electron chi connectivity index (χ2n) is 4.66. The Morgan fingerprint density at radius 3 is 2.82 bits per heavy atom. The van der Waals surface area contributed by atoms with Gasteiger partial charge in [0.25, 0.3) is 5.91 Å². The maximum Gasteiger partial charge on any atom is 0.261 e. The Hall–Kier alpha value is -2.18. The standard InChI is InChI=1S/C16H18N2O3S/c1-21-11-12-4-2-5-13(10-12)18-15(19)7-8-17-16(20)14-6-3-9-22-14/h2-6,9-10H,7-8,11H2,1H3,(H,17,20)(H,18,19). The van der Waals surface area contributed by atoms with E-state index in [-0.39, 0.29) is 18.2 Å². The molecule has 2 amide bonds. The normalized spacial score (nSPS) is 10.2. The second-order valence-corrected chi connectivity index (χ2v) is 5.61. The molecule has 0 fully saturated rings. The monoisotopic (exact) mass is 318 g/mol.